The van der Waals surface area contributed by atoms with Crippen molar-refractivity contribution in [2.45, 2.75) is 33.7 Å². The van der Waals surface area contributed by atoms with Crippen molar-refractivity contribution in [3.8, 4) is 0 Å². The zero-order valence-electron chi connectivity index (χ0n) is 13.2. The minimum absolute atomic E-state index is 0. The van der Waals surface area contributed by atoms with Crippen molar-refractivity contribution in [3.63, 3.8) is 0 Å². The van der Waals surface area contributed by atoms with Crippen molar-refractivity contribution in [3.05, 3.63) is 38.0 Å². The summed E-state index contributed by atoms with van der Waals surface area (Å²) in [5, 5.41) is 9.83. The van der Waals surface area contributed by atoms with Crippen LogP contribution in [-0.2, 0) is 13.0 Å². The van der Waals surface area contributed by atoms with Crippen LogP contribution in [0.2, 0.25) is 0 Å². The second-order valence-corrected chi connectivity index (χ2v) is 7.02. The Morgan fingerprint density at radius 3 is 2.73 bits per heavy atom. The van der Waals surface area contributed by atoms with Crippen molar-refractivity contribution < 1.29 is 0 Å². The summed E-state index contributed by atoms with van der Waals surface area (Å²) in [6.45, 7) is 8.61. The van der Waals surface area contributed by atoms with Gasteiger partial charge in [-0.25, -0.2) is 9.98 Å². The van der Waals surface area contributed by atoms with Gasteiger partial charge in [0.2, 0.25) is 0 Å². The second-order valence-electron chi connectivity index (χ2n) is 4.70. The molecule has 0 saturated heterocycles. The first-order valence-corrected chi connectivity index (χ1v) is 8.86. The van der Waals surface area contributed by atoms with E-state index in [1.807, 2.05) is 6.92 Å². The van der Waals surface area contributed by atoms with E-state index in [-0.39, 0.29) is 24.0 Å². The van der Waals surface area contributed by atoms with Gasteiger partial charge in [0.25, 0.3) is 0 Å². The number of thiazole rings is 1. The average molecular weight is 450 g/mol. The summed E-state index contributed by atoms with van der Waals surface area (Å²) in [7, 11) is 0. The minimum Gasteiger partial charge on any atom is -0.357 e. The van der Waals surface area contributed by atoms with E-state index in [1.165, 1.54) is 9.75 Å². The van der Waals surface area contributed by atoms with E-state index in [1.54, 1.807) is 22.7 Å². The van der Waals surface area contributed by atoms with Gasteiger partial charge in [-0.2, -0.15) is 0 Å². The van der Waals surface area contributed by atoms with E-state index in [4.69, 9.17) is 0 Å². The van der Waals surface area contributed by atoms with E-state index in [2.05, 4.69) is 52.0 Å². The molecule has 0 aromatic carbocycles. The van der Waals surface area contributed by atoms with Gasteiger partial charge in [-0.05, 0) is 38.6 Å². The number of guanidine groups is 1. The number of nitrogens with one attached hydrogen (secondary N) is 2. The fourth-order valence-corrected chi connectivity index (χ4v) is 3.42. The number of hydrogen-bond acceptors (Lipinski definition) is 4. The highest BCUT2D eigenvalue weighted by atomic mass is 127. The average Bonchev–Trinajstić information content (AvgIpc) is 3.07. The van der Waals surface area contributed by atoms with Crippen LogP contribution >= 0.6 is 46.7 Å². The van der Waals surface area contributed by atoms with Gasteiger partial charge in [-0.1, -0.05) is 6.07 Å². The maximum atomic E-state index is 4.60. The molecule has 2 rings (SSSR count). The lowest BCUT2D eigenvalue weighted by atomic mass is 10.3. The summed E-state index contributed by atoms with van der Waals surface area (Å²) in [5.41, 5.74) is 1.11. The number of aromatic nitrogens is 1. The Morgan fingerprint density at radius 2 is 2.14 bits per heavy atom. The lowest BCUT2D eigenvalue weighted by Crippen LogP contribution is -2.38. The molecule has 2 heterocycles. The van der Waals surface area contributed by atoms with Crippen LogP contribution in [0, 0.1) is 13.8 Å². The van der Waals surface area contributed by atoms with Crippen molar-refractivity contribution in [2.75, 3.05) is 13.1 Å². The zero-order valence-corrected chi connectivity index (χ0v) is 17.1. The summed E-state index contributed by atoms with van der Waals surface area (Å²) >= 11 is 3.52. The van der Waals surface area contributed by atoms with E-state index < -0.39 is 0 Å². The van der Waals surface area contributed by atoms with Crippen molar-refractivity contribution in [1.82, 2.24) is 15.6 Å². The third-order valence-electron chi connectivity index (χ3n) is 3.03. The SMILES string of the molecule is CCNC(=NCc1nc(C)c(C)s1)NCCc1cccs1.I. The third-order valence-corrected chi connectivity index (χ3v) is 5.03. The molecule has 7 heteroatoms. The Labute approximate surface area is 157 Å². The normalized spacial score (nSPS) is 11.1. The molecule has 0 amide bonds. The fourth-order valence-electron chi connectivity index (χ4n) is 1.85. The summed E-state index contributed by atoms with van der Waals surface area (Å²) in [5.74, 6) is 0.861. The second kappa shape index (κ2) is 10.2. The predicted octanol–water partition coefficient (Wildman–Crippen LogP) is 3.74. The number of aryl methyl sites for hydroxylation is 2. The van der Waals surface area contributed by atoms with Gasteiger partial charge in [0, 0.05) is 22.8 Å². The minimum atomic E-state index is 0. The van der Waals surface area contributed by atoms with E-state index in [9.17, 15) is 0 Å². The van der Waals surface area contributed by atoms with Crippen LogP contribution in [0.25, 0.3) is 0 Å². The number of halogens is 1. The van der Waals surface area contributed by atoms with Crippen LogP contribution in [0.1, 0.15) is 27.4 Å². The van der Waals surface area contributed by atoms with Gasteiger partial charge >= 0.3 is 0 Å². The van der Waals surface area contributed by atoms with Gasteiger partial charge in [-0.3, -0.25) is 0 Å². The molecular weight excluding hydrogens is 427 g/mol. The van der Waals surface area contributed by atoms with E-state index in [0.29, 0.717) is 6.54 Å². The van der Waals surface area contributed by atoms with Gasteiger partial charge in [0.05, 0.1) is 12.2 Å². The number of thiophene rings is 1. The van der Waals surface area contributed by atoms with E-state index >= 15 is 0 Å². The highest BCUT2D eigenvalue weighted by Gasteiger charge is 2.04. The predicted molar refractivity (Wildman–Crippen MR) is 108 cm³/mol. The van der Waals surface area contributed by atoms with Crippen LogP contribution in [0.5, 0.6) is 0 Å². The van der Waals surface area contributed by atoms with Crippen LogP contribution < -0.4 is 10.6 Å². The molecule has 2 aromatic heterocycles. The van der Waals surface area contributed by atoms with Crippen LogP contribution in [0.15, 0.2) is 22.5 Å². The van der Waals surface area contributed by atoms with Crippen molar-refractivity contribution in [1.29, 1.82) is 0 Å². The standard InChI is InChI=1S/C15H22N4S2.HI/c1-4-16-15(17-8-7-13-6-5-9-20-13)18-10-14-19-11(2)12(3)21-14;/h5-6,9H,4,7-8,10H2,1-3H3,(H2,16,17,18);1H. The molecule has 0 aliphatic carbocycles. The molecular formula is C15H23IN4S2. The summed E-state index contributed by atoms with van der Waals surface area (Å²) in [6, 6.07) is 4.25. The lowest BCUT2D eigenvalue weighted by molar-refractivity contribution is 0.803. The van der Waals surface area contributed by atoms with Gasteiger partial charge in [-0.15, -0.1) is 46.7 Å². The van der Waals surface area contributed by atoms with Gasteiger partial charge in [0.15, 0.2) is 5.96 Å². The van der Waals surface area contributed by atoms with E-state index in [0.717, 1.165) is 36.2 Å². The summed E-state index contributed by atoms with van der Waals surface area (Å²) in [4.78, 5) is 11.8. The quantitative estimate of drug-likeness (QED) is 0.401. The molecule has 0 unspecified atom stereocenters. The number of aliphatic imine (C=N–C) groups is 1. The molecule has 2 N–H and O–H groups in total. The monoisotopic (exact) mass is 450 g/mol. The first-order valence-electron chi connectivity index (χ1n) is 7.16. The molecule has 0 saturated carbocycles. The molecule has 122 valence electrons. The van der Waals surface area contributed by atoms with Gasteiger partial charge < -0.3 is 10.6 Å². The highest BCUT2D eigenvalue weighted by Crippen LogP contribution is 2.16. The maximum absolute atomic E-state index is 4.60. The third kappa shape index (κ3) is 6.21. The zero-order chi connectivity index (χ0) is 15.1. The number of nitrogens with zero attached hydrogens (tertiary/aromatic N) is 2. The Morgan fingerprint density at radius 1 is 1.32 bits per heavy atom. The molecule has 0 bridgehead atoms. The Bertz CT molecular complexity index is 559. The van der Waals surface area contributed by atoms with Crippen LogP contribution in [-0.4, -0.2) is 24.0 Å². The van der Waals surface area contributed by atoms with Gasteiger partial charge in [0.1, 0.15) is 5.01 Å². The molecule has 0 aliphatic heterocycles. The van der Waals surface area contributed by atoms with Crippen molar-refractivity contribution in [2.24, 2.45) is 4.99 Å². The molecule has 0 aliphatic rings. The molecule has 4 nitrogen and oxygen atoms in total. The van der Waals surface area contributed by atoms with Crippen LogP contribution in [0.4, 0.5) is 0 Å². The molecule has 0 radical (unpaired) electrons. The molecule has 2 aromatic rings. The van der Waals surface area contributed by atoms with Crippen molar-refractivity contribution >= 4 is 52.6 Å². The first kappa shape index (κ1) is 19.4. The highest BCUT2D eigenvalue weighted by molar-refractivity contribution is 14.0. The first-order chi connectivity index (χ1) is 10.2. The lowest BCUT2D eigenvalue weighted by Gasteiger charge is -2.10. The Balaban J connectivity index is 0.00000242. The van der Waals surface area contributed by atoms with Crippen LogP contribution in [0.3, 0.4) is 0 Å². The molecule has 22 heavy (non-hydrogen) atoms. The summed E-state index contributed by atoms with van der Waals surface area (Å²) in [6.07, 6.45) is 1.03. The molecule has 0 spiro atoms. The molecule has 0 fully saturated rings. The largest absolute Gasteiger partial charge is 0.357 e. The fraction of sp³-hybridized carbons (Fsp3) is 0.467. The maximum Gasteiger partial charge on any atom is 0.191 e. The Hall–Kier alpha value is -0.670. The molecule has 0 atom stereocenters. The Kier molecular flexibility index (Phi) is 8.96. The smallest absolute Gasteiger partial charge is 0.191 e. The summed E-state index contributed by atoms with van der Waals surface area (Å²) < 4.78 is 0. The number of rotatable bonds is 6. The number of hydrogen-bond donors (Lipinski definition) is 2. The topological polar surface area (TPSA) is 49.3 Å².